The number of hydrogen-bond acceptors (Lipinski definition) is 1. The maximum atomic E-state index is 13.1. The van der Waals surface area contributed by atoms with Gasteiger partial charge in [0.2, 0.25) is 0 Å². The first-order valence-electron chi connectivity index (χ1n) is 3.91. The van der Waals surface area contributed by atoms with E-state index < -0.39 is 12.3 Å². The van der Waals surface area contributed by atoms with E-state index in [0.717, 1.165) is 5.57 Å². The quantitative estimate of drug-likeness (QED) is 0.629. The van der Waals surface area contributed by atoms with Crippen LogP contribution < -0.4 is 0 Å². The van der Waals surface area contributed by atoms with Crippen molar-refractivity contribution in [3.05, 3.63) is 23.8 Å². The van der Waals surface area contributed by atoms with Crippen molar-refractivity contribution in [2.24, 2.45) is 0 Å². The Morgan fingerprint density at radius 1 is 1.75 bits per heavy atom. The van der Waals surface area contributed by atoms with E-state index in [4.69, 9.17) is 11.6 Å². The predicted octanol–water partition coefficient (Wildman–Crippen LogP) is 2.20. The molecular weight excluding hydrogens is 179 g/mol. The van der Waals surface area contributed by atoms with E-state index in [1.165, 1.54) is 0 Å². The molecule has 1 nitrogen and oxygen atoms in total. The van der Waals surface area contributed by atoms with Crippen molar-refractivity contribution in [1.29, 1.82) is 0 Å². The van der Waals surface area contributed by atoms with Gasteiger partial charge in [0, 0.05) is 12.3 Å². The Kier molecular flexibility index (Phi) is 3.29. The van der Waals surface area contributed by atoms with Crippen LogP contribution in [0.5, 0.6) is 0 Å². The fourth-order valence-corrected chi connectivity index (χ4v) is 1.54. The fourth-order valence-electron chi connectivity index (χ4n) is 1.36. The first-order valence-corrected chi connectivity index (χ1v) is 4.45. The summed E-state index contributed by atoms with van der Waals surface area (Å²) in [5, 5.41) is 9.23. The molecule has 0 aromatic rings. The van der Waals surface area contributed by atoms with Crippen LogP contribution >= 0.6 is 11.6 Å². The molecule has 2 atom stereocenters. The molecule has 0 amide bonds. The second kappa shape index (κ2) is 4.06. The summed E-state index contributed by atoms with van der Waals surface area (Å²) in [6, 6.07) is 0. The van der Waals surface area contributed by atoms with Gasteiger partial charge in [0.25, 0.3) is 0 Å². The van der Waals surface area contributed by atoms with E-state index in [-0.39, 0.29) is 6.42 Å². The highest BCUT2D eigenvalue weighted by molar-refractivity contribution is 6.19. The van der Waals surface area contributed by atoms with Crippen molar-refractivity contribution in [2.45, 2.75) is 25.1 Å². The molecule has 0 aliphatic heterocycles. The molecule has 1 unspecified atom stereocenters. The van der Waals surface area contributed by atoms with Crippen LogP contribution in [0.1, 0.15) is 12.8 Å². The second-order valence-corrected chi connectivity index (χ2v) is 3.28. The number of rotatable bonds is 1. The average Bonchev–Trinajstić information content (AvgIpc) is 2.00. The van der Waals surface area contributed by atoms with E-state index in [0.29, 0.717) is 17.9 Å². The monoisotopic (exact) mass is 190 g/mol. The molecule has 0 spiro atoms. The minimum absolute atomic E-state index is 0.165. The van der Waals surface area contributed by atoms with E-state index in [9.17, 15) is 9.50 Å². The van der Waals surface area contributed by atoms with E-state index in [1.807, 2.05) is 0 Å². The van der Waals surface area contributed by atoms with Gasteiger partial charge in [0.15, 0.2) is 0 Å². The van der Waals surface area contributed by atoms with E-state index in [2.05, 4.69) is 6.58 Å². The van der Waals surface area contributed by atoms with Crippen LogP contribution in [-0.4, -0.2) is 23.3 Å². The molecule has 1 N–H and O–H groups in total. The Labute approximate surface area is 76.5 Å². The molecule has 1 aliphatic carbocycles. The van der Waals surface area contributed by atoms with Gasteiger partial charge in [-0.05, 0) is 17.6 Å². The third-order valence-electron chi connectivity index (χ3n) is 2.05. The van der Waals surface area contributed by atoms with Crippen molar-refractivity contribution in [3.63, 3.8) is 0 Å². The lowest BCUT2D eigenvalue weighted by Crippen LogP contribution is -2.24. The second-order valence-electron chi connectivity index (χ2n) is 2.97. The number of allylic oxidation sites excluding steroid dienone is 2. The zero-order chi connectivity index (χ0) is 9.14. The molecule has 0 heterocycles. The lowest BCUT2D eigenvalue weighted by molar-refractivity contribution is 0.124. The molecule has 0 saturated heterocycles. The SMILES string of the molecule is C=C1/C(=C\CCl)CC(O)C[C@@H]1F. The fraction of sp³-hybridized carbons (Fsp3) is 0.556. The molecule has 1 saturated carbocycles. The van der Waals surface area contributed by atoms with Gasteiger partial charge in [0.05, 0.1) is 6.10 Å². The largest absolute Gasteiger partial charge is 0.393 e. The van der Waals surface area contributed by atoms with Gasteiger partial charge in [-0.25, -0.2) is 4.39 Å². The molecule has 0 bridgehead atoms. The summed E-state index contributed by atoms with van der Waals surface area (Å²) in [5.74, 6) is 0.341. The molecule has 0 radical (unpaired) electrons. The number of aliphatic hydroxyl groups is 1. The zero-order valence-electron chi connectivity index (χ0n) is 6.76. The van der Waals surface area contributed by atoms with Crippen molar-refractivity contribution >= 4 is 11.6 Å². The third kappa shape index (κ3) is 2.08. The standard InChI is InChI=1S/C9H12ClFO/c1-6-7(2-3-10)4-8(12)5-9(6)11/h2,8-9,12H,1,3-5H2/b7-2-/t8?,9-/m0/s1. The van der Waals surface area contributed by atoms with E-state index >= 15 is 0 Å². The van der Waals surface area contributed by atoms with Crippen molar-refractivity contribution in [3.8, 4) is 0 Å². The predicted molar refractivity (Wildman–Crippen MR) is 48.1 cm³/mol. The van der Waals surface area contributed by atoms with Gasteiger partial charge < -0.3 is 5.11 Å². The molecule has 1 rings (SSSR count). The van der Waals surface area contributed by atoms with Crippen LogP contribution in [0.2, 0.25) is 0 Å². The molecule has 0 aromatic heterocycles. The maximum Gasteiger partial charge on any atom is 0.127 e. The minimum atomic E-state index is -1.11. The smallest absolute Gasteiger partial charge is 0.127 e. The lowest BCUT2D eigenvalue weighted by Gasteiger charge is -2.25. The summed E-state index contributed by atoms with van der Waals surface area (Å²) in [7, 11) is 0. The van der Waals surface area contributed by atoms with Crippen LogP contribution in [-0.2, 0) is 0 Å². The molecule has 0 aromatic carbocycles. The molecule has 3 heteroatoms. The van der Waals surface area contributed by atoms with E-state index in [1.54, 1.807) is 6.08 Å². The van der Waals surface area contributed by atoms with Crippen LogP contribution in [0.4, 0.5) is 4.39 Å². The summed E-state index contributed by atoms with van der Waals surface area (Å²) in [5.41, 5.74) is 1.23. The Morgan fingerprint density at radius 3 is 3.00 bits per heavy atom. The highest BCUT2D eigenvalue weighted by Crippen LogP contribution is 2.30. The van der Waals surface area contributed by atoms with Gasteiger partial charge in [-0.15, -0.1) is 11.6 Å². The van der Waals surface area contributed by atoms with Crippen LogP contribution in [0.15, 0.2) is 23.8 Å². The average molecular weight is 191 g/mol. The summed E-state index contributed by atoms with van der Waals surface area (Å²) >= 11 is 5.47. The molecule has 1 fully saturated rings. The number of halogens is 2. The third-order valence-corrected chi connectivity index (χ3v) is 2.20. The zero-order valence-corrected chi connectivity index (χ0v) is 7.52. The number of hydrogen-bond donors (Lipinski definition) is 1. The molecular formula is C9H12ClFO. The topological polar surface area (TPSA) is 20.2 Å². The Hall–Kier alpha value is -0.340. The van der Waals surface area contributed by atoms with Crippen LogP contribution in [0.25, 0.3) is 0 Å². The van der Waals surface area contributed by atoms with Gasteiger partial charge in [-0.1, -0.05) is 12.7 Å². The minimum Gasteiger partial charge on any atom is -0.393 e. The van der Waals surface area contributed by atoms with Crippen LogP contribution in [0.3, 0.4) is 0 Å². The number of alkyl halides is 2. The van der Waals surface area contributed by atoms with Crippen molar-refractivity contribution in [1.82, 2.24) is 0 Å². The summed E-state index contributed by atoms with van der Waals surface area (Å²) in [6.07, 6.45) is 0.659. The van der Waals surface area contributed by atoms with Gasteiger partial charge in [-0.3, -0.25) is 0 Å². The first kappa shape index (κ1) is 9.75. The first-order chi connectivity index (χ1) is 5.65. The number of aliphatic hydroxyl groups excluding tert-OH is 1. The summed E-state index contributed by atoms with van der Waals surface area (Å²) in [4.78, 5) is 0. The van der Waals surface area contributed by atoms with Gasteiger partial charge in [-0.2, -0.15) is 0 Å². The summed E-state index contributed by atoms with van der Waals surface area (Å²) in [6.45, 7) is 3.62. The van der Waals surface area contributed by atoms with Crippen LogP contribution in [0, 0.1) is 0 Å². The molecule has 68 valence electrons. The van der Waals surface area contributed by atoms with Gasteiger partial charge in [0.1, 0.15) is 6.17 Å². The Balaban J connectivity index is 2.73. The van der Waals surface area contributed by atoms with Crippen molar-refractivity contribution in [2.75, 3.05) is 5.88 Å². The Bertz CT molecular complexity index is 213. The van der Waals surface area contributed by atoms with Crippen molar-refractivity contribution < 1.29 is 9.50 Å². The maximum absolute atomic E-state index is 13.1. The summed E-state index contributed by atoms with van der Waals surface area (Å²) < 4.78 is 13.1. The normalized spacial score (nSPS) is 34.2. The van der Waals surface area contributed by atoms with Gasteiger partial charge >= 0.3 is 0 Å². The molecule has 1 aliphatic rings. The lowest BCUT2D eigenvalue weighted by atomic mass is 9.87. The highest BCUT2D eigenvalue weighted by atomic mass is 35.5. The highest BCUT2D eigenvalue weighted by Gasteiger charge is 2.26. The molecule has 12 heavy (non-hydrogen) atoms. The Morgan fingerprint density at radius 2 is 2.42 bits per heavy atom.